The van der Waals surface area contributed by atoms with Crippen molar-refractivity contribution >= 4 is 16.2 Å². The minimum absolute atomic E-state index is 0.365. The summed E-state index contributed by atoms with van der Waals surface area (Å²) in [6.07, 6.45) is 5.84. The van der Waals surface area contributed by atoms with Crippen LogP contribution in [0.2, 0.25) is 13.9 Å². The van der Waals surface area contributed by atoms with Crippen molar-refractivity contribution in [3.05, 3.63) is 0 Å². The third-order valence-corrected chi connectivity index (χ3v) is 14.4. The summed E-state index contributed by atoms with van der Waals surface area (Å²) < 4.78 is 0.690. The monoisotopic (exact) mass is 309 g/mol. The Kier molecular flexibility index (Phi) is 6.34. The zero-order chi connectivity index (χ0) is 13.8. The summed E-state index contributed by atoms with van der Waals surface area (Å²) in [5.41, 5.74) is 0.365. The zero-order valence-corrected chi connectivity index (χ0v) is 16.1. The van der Waals surface area contributed by atoms with Crippen LogP contribution in [0.15, 0.2) is 0 Å². The van der Waals surface area contributed by atoms with Crippen molar-refractivity contribution in [1.29, 1.82) is 0 Å². The van der Waals surface area contributed by atoms with Gasteiger partial charge in [0.1, 0.15) is 0 Å². The number of hydrogen-bond acceptors (Lipinski definition) is 1. The summed E-state index contributed by atoms with van der Waals surface area (Å²) in [5, 5.41) is 0. The molecule has 1 heterocycles. The van der Waals surface area contributed by atoms with Gasteiger partial charge in [-0.25, -0.2) is 0 Å². The van der Waals surface area contributed by atoms with Gasteiger partial charge >= 0.3 is 121 Å². The van der Waals surface area contributed by atoms with E-state index in [1.54, 1.807) is 9.95 Å². The van der Waals surface area contributed by atoms with Crippen LogP contribution < -0.4 is 0 Å². The Balaban J connectivity index is 2.51. The number of nitrogens with zero attached hydrogens (tertiary/aromatic N) is 1. The van der Waals surface area contributed by atoms with Crippen LogP contribution >= 0.6 is 0 Å². The molecule has 0 aromatic carbocycles. The third kappa shape index (κ3) is 5.71. The van der Waals surface area contributed by atoms with Gasteiger partial charge < -0.3 is 0 Å². The average molecular weight is 310 g/mol. The fourth-order valence-corrected chi connectivity index (χ4v) is 10.7. The Morgan fingerprint density at radius 2 is 1.17 bits per heavy atom. The number of rotatable bonds is 0. The quantitative estimate of drug-likeness (QED) is 0.572. The summed E-state index contributed by atoms with van der Waals surface area (Å²) in [7, 11) is 0. The fraction of sp³-hybridized carbons (Fsp3) is 1.00. The van der Waals surface area contributed by atoms with Crippen molar-refractivity contribution in [1.82, 2.24) is 4.90 Å². The van der Waals surface area contributed by atoms with E-state index in [1.165, 1.54) is 38.8 Å². The average Bonchev–Trinajstić information content (AvgIpc) is 2.22. The van der Waals surface area contributed by atoms with Crippen molar-refractivity contribution in [3.8, 4) is 0 Å². The van der Waals surface area contributed by atoms with E-state index >= 15 is 0 Å². The third-order valence-electron chi connectivity index (χ3n) is 4.63. The molecule has 0 aromatic rings. The Morgan fingerprint density at radius 3 is 1.50 bits per heavy atom. The molecule has 0 atom stereocenters. The second-order valence-electron chi connectivity index (χ2n) is 8.21. The molecule has 1 aliphatic rings. The topological polar surface area (TPSA) is 3.24 Å². The molecule has 0 aromatic heterocycles. The molecule has 0 unspecified atom stereocenters. The van der Waals surface area contributed by atoms with Gasteiger partial charge in [-0.1, -0.05) is 0 Å². The molecule has 2 heteroatoms. The molecule has 1 aliphatic heterocycles. The van der Waals surface area contributed by atoms with Gasteiger partial charge in [-0.3, -0.25) is 0 Å². The SMILES string of the molecule is CC(C)(C)N1CCC[CH2][Ga]([C](C)(C)C)[CH2]CCC1. The molecule has 106 valence electrons. The molecule has 0 saturated carbocycles. The van der Waals surface area contributed by atoms with Crippen molar-refractivity contribution in [2.45, 2.75) is 86.7 Å². The van der Waals surface area contributed by atoms with Crippen molar-refractivity contribution in [2.75, 3.05) is 13.1 Å². The summed E-state index contributed by atoms with van der Waals surface area (Å²) in [6, 6.07) is 0. The van der Waals surface area contributed by atoms with E-state index in [0.717, 1.165) is 0 Å². The summed E-state index contributed by atoms with van der Waals surface area (Å²) >= 11 is -1.02. The Labute approximate surface area is 121 Å². The van der Waals surface area contributed by atoms with Crippen molar-refractivity contribution in [3.63, 3.8) is 0 Å². The Bertz CT molecular complexity index is 198. The molecular weight excluding hydrogens is 276 g/mol. The maximum absolute atomic E-state index is 2.71. The number of hydrogen-bond donors (Lipinski definition) is 0. The van der Waals surface area contributed by atoms with Gasteiger partial charge in [0, 0.05) is 0 Å². The molecule has 0 N–H and O–H groups in total. The molecule has 1 rings (SSSR count). The van der Waals surface area contributed by atoms with E-state index in [0.29, 0.717) is 9.51 Å². The van der Waals surface area contributed by atoms with E-state index in [1.807, 2.05) is 0 Å². The van der Waals surface area contributed by atoms with Crippen LogP contribution in [-0.2, 0) is 0 Å². The summed E-state index contributed by atoms with van der Waals surface area (Å²) in [6.45, 7) is 17.3. The predicted octanol–water partition coefficient (Wildman–Crippen LogP) is 4.96. The molecule has 0 bridgehead atoms. The fourth-order valence-electron chi connectivity index (χ4n) is 3.18. The Morgan fingerprint density at radius 1 is 0.722 bits per heavy atom. The Hall–Kier alpha value is 0.596. The molecule has 1 nitrogen and oxygen atoms in total. The van der Waals surface area contributed by atoms with E-state index in [9.17, 15) is 0 Å². The van der Waals surface area contributed by atoms with Crippen LogP contribution in [0.1, 0.15) is 67.2 Å². The first kappa shape index (κ1) is 16.7. The normalized spacial score (nSPS) is 22.0. The van der Waals surface area contributed by atoms with E-state index in [4.69, 9.17) is 0 Å². The van der Waals surface area contributed by atoms with Crippen LogP contribution in [0.4, 0.5) is 0 Å². The van der Waals surface area contributed by atoms with Crippen LogP contribution in [0.5, 0.6) is 0 Å². The first-order valence-electron chi connectivity index (χ1n) is 7.96. The molecular formula is C16H34GaN. The van der Waals surface area contributed by atoms with Crippen LogP contribution in [0.25, 0.3) is 0 Å². The molecule has 0 aliphatic carbocycles. The van der Waals surface area contributed by atoms with Gasteiger partial charge in [0.2, 0.25) is 0 Å². The van der Waals surface area contributed by atoms with Gasteiger partial charge in [-0.05, 0) is 0 Å². The second kappa shape index (κ2) is 6.85. The van der Waals surface area contributed by atoms with Gasteiger partial charge in [0.15, 0.2) is 0 Å². The standard InChI is InChI=1S/C12H25N.C4H9.Ga/c1-6-8-10-13(11-9-7-2)12(3,4)5;1-4(2)3;/h1-2,6-11H2,3-5H3;1-3H3;. The van der Waals surface area contributed by atoms with Gasteiger partial charge in [0.25, 0.3) is 0 Å². The van der Waals surface area contributed by atoms with Gasteiger partial charge in [-0.2, -0.15) is 0 Å². The summed E-state index contributed by atoms with van der Waals surface area (Å²) in [5.74, 6) is 0. The molecule has 1 fully saturated rings. The second-order valence-corrected chi connectivity index (χ2v) is 17.2. The van der Waals surface area contributed by atoms with E-state index < -0.39 is 16.2 Å². The molecule has 18 heavy (non-hydrogen) atoms. The predicted molar refractivity (Wildman–Crippen MR) is 84.9 cm³/mol. The van der Waals surface area contributed by atoms with E-state index in [2.05, 4.69) is 46.4 Å². The van der Waals surface area contributed by atoms with Gasteiger partial charge in [0.05, 0.1) is 0 Å². The van der Waals surface area contributed by atoms with Crippen molar-refractivity contribution < 1.29 is 0 Å². The molecule has 1 saturated heterocycles. The minimum atomic E-state index is -1.02. The molecule has 0 spiro atoms. The van der Waals surface area contributed by atoms with Crippen molar-refractivity contribution in [2.24, 2.45) is 0 Å². The van der Waals surface area contributed by atoms with Crippen LogP contribution in [0, 0.1) is 0 Å². The van der Waals surface area contributed by atoms with Crippen LogP contribution in [-0.4, -0.2) is 39.7 Å². The van der Waals surface area contributed by atoms with Crippen LogP contribution in [0.3, 0.4) is 0 Å². The zero-order valence-electron chi connectivity index (χ0n) is 13.7. The first-order chi connectivity index (χ1) is 8.21. The first-order valence-corrected chi connectivity index (χ1v) is 12.6. The van der Waals surface area contributed by atoms with E-state index in [-0.39, 0.29) is 0 Å². The molecule has 0 amide bonds. The summed E-state index contributed by atoms with van der Waals surface area (Å²) in [4.78, 5) is 5.94. The van der Waals surface area contributed by atoms with Gasteiger partial charge in [-0.15, -0.1) is 0 Å². The molecule has 0 radical (unpaired) electrons. The maximum atomic E-state index is 2.71.